The summed E-state index contributed by atoms with van der Waals surface area (Å²) in [5, 5.41) is 18.1. The van der Waals surface area contributed by atoms with Crippen molar-refractivity contribution in [1.29, 1.82) is 0 Å². The third-order valence-electron chi connectivity index (χ3n) is 6.78. The molecular formula is C28H26Cl2N4O4. The number of aliphatic hydroxyl groups is 1. The Morgan fingerprint density at radius 2 is 1.82 bits per heavy atom. The Morgan fingerprint density at radius 3 is 2.50 bits per heavy atom. The van der Waals surface area contributed by atoms with E-state index in [1.165, 1.54) is 4.52 Å². The number of hydrogen-bond donors (Lipinski definition) is 2. The molecule has 1 saturated carbocycles. The van der Waals surface area contributed by atoms with E-state index >= 15 is 0 Å². The largest absolute Gasteiger partial charge is 0.474 e. The Kier molecular flexibility index (Phi) is 7.65. The molecule has 5 rings (SSSR count). The van der Waals surface area contributed by atoms with Crippen LogP contribution in [0.4, 0.5) is 0 Å². The summed E-state index contributed by atoms with van der Waals surface area (Å²) < 4.78 is 7.25. The van der Waals surface area contributed by atoms with E-state index in [4.69, 9.17) is 27.9 Å². The van der Waals surface area contributed by atoms with Crippen LogP contribution in [0.2, 0.25) is 10.0 Å². The first-order chi connectivity index (χ1) is 18.5. The van der Waals surface area contributed by atoms with Crippen molar-refractivity contribution in [2.45, 2.75) is 37.6 Å². The molecule has 196 valence electrons. The predicted octanol–water partition coefficient (Wildman–Crippen LogP) is 5.37. The number of carbonyl (C=O) groups is 2. The molecule has 1 aliphatic rings. The fourth-order valence-corrected chi connectivity index (χ4v) is 5.28. The zero-order valence-corrected chi connectivity index (χ0v) is 22.0. The van der Waals surface area contributed by atoms with Gasteiger partial charge in [0.15, 0.2) is 5.65 Å². The van der Waals surface area contributed by atoms with Gasteiger partial charge in [0.25, 0.3) is 5.91 Å². The Morgan fingerprint density at radius 1 is 1.08 bits per heavy atom. The lowest BCUT2D eigenvalue weighted by atomic mass is 9.82. The first-order valence-corrected chi connectivity index (χ1v) is 13.2. The van der Waals surface area contributed by atoms with Crippen LogP contribution in [-0.2, 0) is 4.79 Å². The SMILES string of the molecule is O=CC1(NC(=O)c2c(OCCO)nn3c(-c4ccc(Cl)cc4)c(-c4ccccc4Cl)cnc23)CCCCC1. The number of carbonyl (C=O) groups excluding carboxylic acids is 2. The first kappa shape index (κ1) is 26.2. The van der Waals surface area contributed by atoms with Crippen molar-refractivity contribution in [3.05, 3.63) is 70.3 Å². The molecule has 0 radical (unpaired) electrons. The fraction of sp³-hybridized carbons (Fsp3) is 0.286. The van der Waals surface area contributed by atoms with Gasteiger partial charge in [-0.3, -0.25) is 4.79 Å². The molecule has 2 N–H and O–H groups in total. The maximum Gasteiger partial charge on any atom is 0.261 e. The van der Waals surface area contributed by atoms with Gasteiger partial charge in [-0.1, -0.05) is 72.8 Å². The van der Waals surface area contributed by atoms with E-state index < -0.39 is 11.4 Å². The molecule has 0 atom stereocenters. The minimum absolute atomic E-state index is 0.00688. The number of nitrogens with one attached hydrogen (secondary N) is 1. The zero-order chi connectivity index (χ0) is 26.7. The Bertz CT molecular complexity index is 1480. The normalized spacial score (nSPS) is 14.8. The van der Waals surface area contributed by atoms with Crippen molar-refractivity contribution in [2.24, 2.45) is 0 Å². The summed E-state index contributed by atoms with van der Waals surface area (Å²) in [6.45, 7) is -0.341. The van der Waals surface area contributed by atoms with Gasteiger partial charge in [-0.25, -0.2) is 9.50 Å². The lowest BCUT2D eigenvalue weighted by Gasteiger charge is -2.32. The number of aliphatic hydroxyl groups excluding tert-OH is 1. The van der Waals surface area contributed by atoms with Gasteiger partial charge in [-0.2, -0.15) is 0 Å². The van der Waals surface area contributed by atoms with Crippen molar-refractivity contribution < 1.29 is 19.4 Å². The first-order valence-electron chi connectivity index (χ1n) is 12.4. The Balaban J connectivity index is 1.73. The van der Waals surface area contributed by atoms with Crippen LogP contribution in [0, 0.1) is 0 Å². The smallest absolute Gasteiger partial charge is 0.261 e. The second-order valence-electron chi connectivity index (χ2n) is 9.28. The average Bonchev–Trinajstić information content (AvgIpc) is 3.31. The molecule has 1 fully saturated rings. The maximum absolute atomic E-state index is 13.7. The van der Waals surface area contributed by atoms with Gasteiger partial charge in [0.2, 0.25) is 5.88 Å². The van der Waals surface area contributed by atoms with Crippen molar-refractivity contribution in [3.63, 3.8) is 0 Å². The van der Waals surface area contributed by atoms with E-state index in [-0.39, 0.29) is 30.3 Å². The van der Waals surface area contributed by atoms with Gasteiger partial charge in [0, 0.05) is 32.9 Å². The number of aromatic nitrogens is 3. The standard InChI is InChI=1S/C28H26Cl2N4O4/c29-19-10-8-18(9-11-19)24-21(20-6-2-3-7-22(20)30)16-31-25-23(27(33-34(24)25)38-15-14-35)26(37)32-28(17-36)12-4-1-5-13-28/h2-3,6-11,16-17,35H,1,4-5,12-15H2,(H,32,37). The van der Waals surface area contributed by atoms with E-state index in [2.05, 4.69) is 15.4 Å². The molecular weight excluding hydrogens is 527 g/mol. The number of fused-ring (bicyclic) bond motifs is 1. The Labute approximate surface area is 229 Å². The van der Waals surface area contributed by atoms with E-state index in [1.807, 2.05) is 30.3 Å². The third-order valence-corrected chi connectivity index (χ3v) is 7.37. The second kappa shape index (κ2) is 11.1. The van der Waals surface area contributed by atoms with Crippen LogP contribution in [0.15, 0.2) is 54.7 Å². The highest BCUT2D eigenvalue weighted by molar-refractivity contribution is 6.33. The highest BCUT2D eigenvalue weighted by atomic mass is 35.5. The van der Waals surface area contributed by atoms with Crippen LogP contribution in [0.25, 0.3) is 28.0 Å². The number of nitrogens with zero attached hydrogens (tertiary/aromatic N) is 3. The number of ether oxygens (including phenoxy) is 1. The summed E-state index contributed by atoms with van der Waals surface area (Å²) >= 11 is 12.7. The summed E-state index contributed by atoms with van der Waals surface area (Å²) in [5.41, 5.74) is 2.18. The monoisotopic (exact) mass is 552 g/mol. The predicted molar refractivity (Wildman–Crippen MR) is 146 cm³/mol. The van der Waals surface area contributed by atoms with E-state index in [9.17, 15) is 14.7 Å². The maximum atomic E-state index is 13.7. The third kappa shape index (κ3) is 4.99. The molecule has 2 heterocycles. The molecule has 0 saturated heterocycles. The van der Waals surface area contributed by atoms with Crippen LogP contribution in [-0.4, -0.2) is 50.7 Å². The van der Waals surface area contributed by atoms with Crippen LogP contribution >= 0.6 is 23.2 Å². The number of rotatable bonds is 8. The van der Waals surface area contributed by atoms with Gasteiger partial charge in [-0.15, -0.1) is 5.10 Å². The van der Waals surface area contributed by atoms with Crippen LogP contribution in [0.1, 0.15) is 42.5 Å². The van der Waals surface area contributed by atoms with Crippen LogP contribution in [0.3, 0.4) is 0 Å². The van der Waals surface area contributed by atoms with Crippen molar-refractivity contribution in [2.75, 3.05) is 13.2 Å². The Hall–Kier alpha value is -3.46. The number of aldehydes is 1. The molecule has 8 nitrogen and oxygen atoms in total. The molecule has 0 aliphatic heterocycles. The molecule has 2 aromatic carbocycles. The zero-order valence-electron chi connectivity index (χ0n) is 20.5. The van der Waals surface area contributed by atoms with Crippen LogP contribution in [0.5, 0.6) is 5.88 Å². The van der Waals surface area contributed by atoms with Crippen molar-refractivity contribution >= 4 is 41.0 Å². The van der Waals surface area contributed by atoms with E-state index in [0.717, 1.165) is 36.7 Å². The summed E-state index contributed by atoms with van der Waals surface area (Å²) in [7, 11) is 0. The highest BCUT2D eigenvalue weighted by Gasteiger charge is 2.36. The molecule has 0 bridgehead atoms. The van der Waals surface area contributed by atoms with Gasteiger partial charge in [-0.05, 0) is 31.0 Å². The minimum Gasteiger partial charge on any atom is -0.474 e. The quantitative estimate of drug-likeness (QED) is 0.284. The van der Waals surface area contributed by atoms with Crippen molar-refractivity contribution in [3.8, 4) is 28.3 Å². The molecule has 38 heavy (non-hydrogen) atoms. The summed E-state index contributed by atoms with van der Waals surface area (Å²) in [6, 6.07) is 14.6. The van der Waals surface area contributed by atoms with Gasteiger partial charge in [0.05, 0.1) is 17.8 Å². The lowest BCUT2D eigenvalue weighted by molar-refractivity contribution is -0.114. The molecule has 0 unspecified atom stereocenters. The summed E-state index contributed by atoms with van der Waals surface area (Å²) in [5.74, 6) is -0.505. The van der Waals surface area contributed by atoms with E-state index in [0.29, 0.717) is 34.1 Å². The summed E-state index contributed by atoms with van der Waals surface area (Å²) in [6.07, 6.45) is 6.31. The lowest BCUT2D eigenvalue weighted by Crippen LogP contribution is -2.51. The number of hydrogen-bond acceptors (Lipinski definition) is 6. The fourth-order valence-electron chi connectivity index (χ4n) is 4.91. The van der Waals surface area contributed by atoms with Crippen LogP contribution < -0.4 is 10.1 Å². The van der Waals surface area contributed by atoms with Gasteiger partial charge in [0.1, 0.15) is 18.5 Å². The van der Waals surface area contributed by atoms with Crippen molar-refractivity contribution in [1.82, 2.24) is 19.9 Å². The second-order valence-corrected chi connectivity index (χ2v) is 10.1. The molecule has 1 amide bonds. The number of halogens is 2. The molecule has 2 aromatic heterocycles. The topological polar surface area (TPSA) is 106 Å². The molecule has 4 aromatic rings. The van der Waals surface area contributed by atoms with Gasteiger partial charge >= 0.3 is 0 Å². The number of amides is 1. The molecule has 0 spiro atoms. The molecule has 1 aliphatic carbocycles. The minimum atomic E-state index is -0.950. The number of benzene rings is 2. The highest BCUT2D eigenvalue weighted by Crippen LogP contribution is 2.38. The van der Waals surface area contributed by atoms with E-state index in [1.54, 1.807) is 24.4 Å². The molecule has 10 heteroatoms. The van der Waals surface area contributed by atoms with Gasteiger partial charge < -0.3 is 20.0 Å². The summed E-state index contributed by atoms with van der Waals surface area (Å²) in [4.78, 5) is 30.4. The average molecular weight is 553 g/mol.